The number of aromatic nitrogens is 2. The molecule has 1 saturated heterocycles. The molecule has 1 fully saturated rings. The lowest BCUT2D eigenvalue weighted by atomic mass is 10.2. The molecule has 0 amide bonds. The standard InChI is InChI=1S/C10H17N3OS2/c1-8-12-13-10(16-8)15-6-4-11-7-9-3-2-5-14-9/h9,11H,2-7H2,1H3. The van der Waals surface area contributed by atoms with E-state index in [1.54, 1.807) is 23.1 Å². The first-order valence-corrected chi connectivity index (χ1v) is 7.40. The zero-order chi connectivity index (χ0) is 11.2. The summed E-state index contributed by atoms with van der Waals surface area (Å²) in [6.07, 6.45) is 2.86. The van der Waals surface area contributed by atoms with Crippen molar-refractivity contribution in [3.05, 3.63) is 5.01 Å². The van der Waals surface area contributed by atoms with Gasteiger partial charge >= 0.3 is 0 Å². The van der Waals surface area contributed by atoms with Gasteiger partial charge in [0.1, 0.15) is 5.01 Å². The van der Waals surface area contributed by atoms with E-state index in [1.807, 2.05) is 6.92 Å². The van der Waals surface area contributed by atoms with Crippen LogP contribution in [0.5, 0.6) is 0 Å². The molecule has 0 bridgehead atoms. The van der Waals surface area contributed by atoms with Crippen LogP contribution in [0, 0.1) is 6.92 Å². The average Bonchev–Trinajstić information content (AvgIpc) is 2.89. The molecule has 90 valence electrons. The maximum absolute atomic E-state index is 5.53. The molecular formula is C10H17N3OS2. The molecular weight excluding hydrogens is 242 g/mol. The van der Waals surface area contributed by atoms with E-state index in [2.05, 4.69) is 15.5 Å². The van der Waals surface area contributed by atoms with Gasteiger partial charge in [-0.3, -0.25) is 0 Å². The summed E-state index contributed by atoms with van der Waals surface area (Å²) in [6, 6.07) is 0. The van der Waals surface area contributed by atoms with E-state index < -0.39 is 0 Å². The Kier molecular flexibility index (Phi) is 5.02. The predicted octanol–water partition coefficient (Wildman–Crippen LogP) is 1.71. The molecule has 1 aliphatic rings. The number of nitrogens with zero attached hydrogens (tertiary/aromatic N) is 2. The minimum atomic E-state index is 0.439. The van der Waals surface area contributed by atoms with E-state index in [0.717, 1.165) is 34.8 Å². The van der Waals surface area contributed by atoms with Gasteiger partial charge in [0.15, 0.2) is 4.34 Å². The highest BCUT2D eigenvalue weighted by Crippen LogP contribution is 2.20. The van der Waals surface area contributed by atoms with Crippen molar-refractivity contribution in [1.82, 2.24) is 15.5 Å². The van der Waals surface area contributed by atoms with E-state index in [-0.39, 0.29) is 0 Å². The third kappa shape index (κ3) is 4.01. The molecule has 1 atom stereocenters. The van der Waals surface area contributed by atoms with Gasteiger partial charge in [-0.25, -0.2) is 0 Å². The first-order chi connectivity index (χ1) is 7.84. The van der Waals surface area contributed by atoms with Crippen LogP contribution in [0.1, 0.15) is 17.8 Å². The van der Waals surface area contributed by atoms with Crippen LogP contribution in [0.2, 0.25) is 0 Å². The van der Waals surface area contributed by atoms with E-state index in [4.69, 9.17) is 4.74 Å². The number of rotatable bonds is 6. The highest BCUT2D eigenvalue weighted by molar-refractivity contribution is 8.01. The van der Waals surface area contributed by atoms with Crippen molar-refractivity contribution in [3.63, 3.8) is 0 Å². The Bertz CT molecular complexity index is 313. The van der Waals surface area contributed by atoms with Crippen molar-refractivity contribution in [2.45, 2.75) is 30.2 Å². The average molecular weight is 259 g/mol. The van der Waals surface area contributed by atoms with Gasteiger partial charge in [-0.15, -0.1) is 10.2 Å². The molecule has 2 rings (SSSR count). The zero-order valence-electron chi connectivity index (χ0n) is 9.44. The van der Waals surface area contributed by atoms with Crippen molar-refractivity contribution in [3.8, 4) is 0 Å². The summed E-state index contributed by atoms with van der Waals surface area (Å²) in [5.74, 6) is 1.04. The summed E-state index contributed by atoms with van der Waals surface area (Å²) in [5.41, 5.74) is 0. The smallest absolute Gasteiger partial charge is 0.174 e. The highest BCUT2D eigenvalue weighted by atomic mass is 32.2. The van der Waals surface area contributed by atoms with Gasteiger partial charge < -0.3 is 10.1 Å². The quantitative estimate of drug-likeness (QED) is 0.622. The number of ether oxygens (including phenoxy) is 1. The Morgan fingerprint density at radius 1 is 1.56 bits per heavy atom. The monoisotopic (exact) mass is 259 g/mol. The Morgan fingerprint density at radius 2 is 2.50 bits per heavy atom. The van der Waals surface area contributed by atoms with Gasteiger partial charge in [-0.05, 0) is 19.8 Å². The molecule has 0 aliphatic carbocycles. The predicted molar refractivity (Wildman–Crippen MR) is 67.2 cm³/mol. The van der Waals surface area contributed by atoms with Crippen LogP contribution in [0.15, 0.2) is 4.34 Å². The lowest BCUT2D eigenvalue weighted by Crippen LogP contribution is -2.27. The third-order valence-corrected chi connectivity index (χ3v) is 4.38. The fraction of sp³-hybridized carbons (Fsp3) is 0.800. The highest BCUT2D eigenvalue weighted by Gasteiger charge is 2.14. The molecule has 1 N–H and O–H groups in total. The number of aryl methyl sites for hydroxylation is 1. The van der Waals surface area contributed by atoms with Crippen LogP contribution in [-0.2, 0) is 4.74 Å². The first-order valence-electron chi connectivity index (χ1n) is 5.60. The van der Waals surface area contributed by atoms with Crippen molar-refractivity contribution < 1.29 is 4.74 Å². The first kappa shape index (κ1) is 12.3. The summed E-state index contributed by atoms with van der Waals surface area (Å²) < 4.78 is 6.60. The normalized spacial score (nSPS) is 20.4. The number of hydrogen-bond donors (Lipinski definition) is 1. The van der Waals surface area contributed by atoms with Crippen LogP contribution < -0.4 is 5.32 Å². The minimum Gasteiger partial charge on any atom is -0.377 e. The summed E-state index contributed by atoms with van der Waals surface area (Å²) in [7, 11) is 0. The molecule has 6 heteroatoms. The molecule has 1 aromatic rings. The Morgan fingerprint density at radius 3 is 3.19 bits per heavy atom. The Labute approximate surface area is 104 Å². The van der Waals surface area contributed by atoms with Crippen molar-refractivity contribution in [2.24, 2.45) is 0 Å². The maximum Gasteiger partial charge on any atom is 0.174 e. The van der Waals surface area contributed by atoms with E-state index in [9.17, 15) is 0 Å². The summed E-state index contributed by atoms with van der Waals surface area (Å²) in [4.78, 5) is 0. The van der Waals surface area contributed by atoms with Crippen molar-refractivity contribution in [2.75, 3.05) is 25.4 Å². The molecule has 1 aromatic heterocycles. The zero-order valence-corrected chi connectivity index (χ0v) is 11.1. The SMILES string of the molecule is Cc1nnc(SCCNCC2CCCO2)s1. The van der Waals surface area contributed by atoms with Crippen molar-refractivity contribution in [1.29, 1.82) is 0 Å². The number of thioether (sulfide) groups is 1. The molecule has 1 unspecified atom stereocenters. The second-order valence-electron chi connectivity index (χ2n) is 3.77. The summed E-state index contributed by atoms with van der Waals surface area (Å²) in [5, 5.41) is 12.5. The number of hydrogen-bond acceptors (Lipinski definition) is 6. The van der Waals surface area contributed by atoms with Crippen molar-refractivity contribution >= 4 is 23.1 Å². The molecule has 0 aromatic carbocycles. The summed E-state index contributed by atoms with van der Waals surface area (Å²) >= 11 is 3.42. The molecule has 16 heavy (non-hydrogen) atoms. The molecule has 0 radical (unpaired) electrons. The third-order valence-electron chi connectivity index (χ3n) is 2.41. The lowest BCUT2D eigenvalue weighted by Gasteiger charge is -2.09. The summed E-state index contributed by atoms with van der Waals surface area (Å²) in [6.45, 7) is 4.90. The molecule has 1 aliphatic heterocycles. The van der Waals surface area contributed by atoms with Crippen LogP contribution in [0.25, 0.3) is 0 Å². The van der Waals surface area contributed by atoms with E-state index >= 15 is 0 Å². The fourth-order valence-corrected chi connectivity index (χ4v) is 3.40. The number of nitrogens with one attached hydrogen (secondary N) is 1. The minimum absolute atomic E-state index is 0.439. The topological polar surface area (TPSA) is 47.0 Å². The molecule has 0 spiro atoms. The van der Waals surface area contributed by atoms with E-state index in [1.165, 1.54) is 12.8 Å². The van der Waals surface area contributed by atoms with Crippen LogP contribution in [-0.4, -0.2) is 41.8 Å². The van der Waals surface area contributed by atoms with Crippen LogP contribution in [0.3, 0.4) is 0 Å². The fourth-order valence-electron chi connectivity index (χ4n) is 1.62. The van der Waals surface area contributed by atoms with Gasteiger partial charge in [-0.1, -0.05) is 23.1 Å². The Hall–Kier alpha value is -0.170. The van der Waals surface area contributed by atoms with Gasteiger partial charge in [0, 0.05) is 25.4 Å². The van der Waals surface area contributed by atoms with Gasteiger partial charge in [-0.2, -0.15) is 0 Å². The maximum atomic E-state index is 5.53. The van der Waals surface area contributed by atoms with E-state index in [0.29, 0.717) is 6.10 Å². The second kappa shape index (κ2) is 6.54. The van der Waals surface area contributed by atoms with Gasteiger partial charge in [0.2, 0.25) is 0 Å². The molecule has 0 saturated carbocycles. The van der Waals surface area contributed by atoms with Crippen LogP contribution >= 0.6 is 23.1 Å². The molecule has 4 nitrogen and oxygen atoms in total. The van der Waals surface area contributed by atoms with Gasteiger partial charge in [0.25, 0.3) is 0 Å². The largest absolute Gasteiger partial charge is 0.377 e. The molecule has 2 heterocycles. The Balaban J connectivity index is 1.51. The van der Waals surface area contributed by atoms with Crippen LogP contribution in [0.4, 0.5) is 0 Å². The lowest BCUT2D eigenvalue weighted by molar-refractivity contribution is 0.110. The van der Waals surface area contributed by atoms with Gasteiger partial charge in [0.05, 0.1) is 6.10 Å². The second-order valence-corrected chi connectivity index (χ2v) is 6.30.